The molecule has 0 aliphatic heterocycles. The van der Waals surface area contributed by atoms with Gasteiger partial charge in [-0.15, -0.1) is 0 Å². The molecule has 0 aliphatic rings. The summed E-state index contributed by atoms with van der Waals surface area (Å²) in [4.78, 5) is 22.6. The lowest BCUT2D eigenvalue weighted by atomic mass is 10.1. The highest BCUT2D eigenvalue weighted by Gasteiger charge is 2.08. The lowest BCUT2D eigenvalue weighted by molar-refractivity contribution is 0.0697. The minimum atomic E-state index is -0.972. The Labute approximate surface area is 128 Å². The van der Waals surface area contributed by atoms with Crippen LogP contribution in [-0.4, -0.2) is 26.9 Å². The Morgan fingerprint density at radius 3 is 2.50 bits per heavy atom. The topological polar surface area (TPSA) is 96.3 Å². The van der Waals surface area contributed by atoms with Crippen molar-refractivity contribution in [2.75, 3.05) is 5.32 Å². The molecule has 0 aliphatic carbocycles. The number of rotatable bonds is 5. The third-order valence-electron chi connectivity index (χ3n) is 3.19. The van der Waals surface area contributed by atoms with Gasteiger partial charge in [-0.3, -0.25) is 10.00 Å². The van der Waals surface area contributed by atoms with Crippen LogP contribution in [0, 0.1) is 0 Å². The van der Waals surface area contributed by atoms with Gasteiger partial charge < -0.3 is 10.4 Å². The van der Waals surface area contributed by atoms with E-state index in [4.69, 9.17) is 5.11 Å². The molecule has 116 valence electrons. The second-order valence-corrected chi connectivity index (χ2v) is 4.81. The van der Waals surface area contributed by atoms with E-state index in [1.807, 2.05) is 13.0 Å². The van der Waals surface area contributed by atoms with Crippen molar-refractivity contribution >= 4 is 17.8 Å². The van der Waals surface area contributed by atoms with Crippen LogP contribution < -0.4 is 10.6 Å². The van der Waals surface area contributed by atoms with Crippen molar-refractivity contribution in [2.45, 2.75) is 19.9 Å². The largest absolute Gasteiger partial charge is 0.478 e. The Hall–Kier alpha value is -2.83. The zero-order valence-corrected chi connectivity index (χ0v) is 12.5. The van der Waals surface area contributed by atoms with Gasteiger partial charge in [-0.2, -0.15) is 5.10 Å². The molecule has 0 bridgehead atoms. The van der Waals surface area contributed by atoms with Gasteiger partial charge in [0.05, 0.1) is 11.3 Å². The van der Waals surface area contributed by atoms with Crippen LogP contribution in [0.15, 0.2) is 30.3 Å². The number of anilines is 1. The zero-order chi connectivity index (χ0) is 16.1. The zero-order valence-electron chi connectivity index (χ0n) is 12.5. The highest BCUT2D eigenvalue weighted by Crippen LogP contribution is 2.09. The van der Waals surface area contributed by atoms with E-state index >= 15 is 0 Å². The molecule has 1 aromatic heterocycles. The summed E-state index contributed by atoms with van der Waals surface area (Å²) >= 11 is 0. The third kappa shape index (κ3) is 3.85. The summed E-state index contributed by atoms with van der Waals surface area (Å²) in [6.07, 6.45) is 0.799. The van der Waals surface area contributed by atoms with Crippen LogP contribution in [-0.2, 0) is 20.0 Å². The minimum Gasteiger partial charge on any atom is -0.478 e. The van der Waals surface area contributed by atoms with Gasteiger partial charge in [0.1, 0.15) is 5.82 Å². The summed E-state index contributed by atoms with van der Waals surface area (Å²) in [7, 11) is 1.76. The highest BCUT2D eigenvalue weighted by atomic mass is 16.4. The van der Waals surface area contributed by atoms with E-state index in [9.17, 15) is 9.59 Å². The molecule has 2 aromatic rings. The Bertz CT molecular complexity index is 677. The van der Waals surface area contributed by atoms with Crippen molar-refractivity contribution < 1.29 is 14.7 Å². The normalized spacial score (nSPS) is 10.3. The maximum absolute atomic E-state index is 11.9. The summed E-state index contributed by atoms with van der Waals surface area (Å²) in [6, 6.07) is 7.83. The first-order chi connectivity index (χ1) is 10.5. The number of benzene rings is 1. The lowest BCUT2D eigenvalue weighted by Crippen LogP contribution is -2.29. The van der Waals surface area contributed by atoms with Crippen LogP contribution in [0.4, 0.5) is 10.6 Å². The molecule has 1 heterocycles. The average Bonchev–Trinajstić information content (AvgIpc) is 2.86. The maximum Gasteiger partial charge on any atom is 0.335 e. The van der Waals surface area contributed by atoms with Gasteiger partial charge in [-0.1, -0.05) is 19.1 Å². The molecule has 0 saturated heterocycles. The molecule has 1 aromatic carbocycles. The Morgan fingerprint density at radius 2 is 1.95 bits per heavy atom. The number of carboxylic acids is 1. The van der Waals surface area contributed by atoms with Gasteiger partial charge in [0.25, 0.3) is 0 Å². The van der Waals surface area contributed by atoms with E-state index in [0.29, 0.717) is 12.4 Å². The summed E-state index contributed by atoms with van der Waals surface area (Å²) in [5.74, 6) is -0.351. The van der Waals surface area contributed by atoms with E-state index in [1.165, 1.54) is 12.1 Å². The van der Waals surface area contributed by atoms with Crippen molar-refractivity contribution in [3.05, 3.63) is 47.2 Å². The SMILES string of the molecule is CCc1cc(NC(=O)NCc2ccc(C(=O)O)cc2)n(C)n1. The fourth-order valence-corrected chi connectivity index (χ4v) is 1.92. The van der Waals surface area contributed by atoms with Gasteiger partial charge in [0.2, 0.25) is 0 Å². The number of carbonyl (C=O) groups is 2. The molecule has 2 rings (SSSR count). The van der Waals surface area contributed by atoms with Crippen molar-refractivity contribution in [1.29, 1.82) is 0 Å². The summed E-state index contributed by atoms with van der Waals surface area (Å²) in [5.41, 5.74) is 1.94. The van der Waals surface area contributed by atoms with Crippen molar-refractivity contribution in [3.63, 3.8) is 0 Å². The van der Waals surface area contributed by atoms with Gasteiger partial charge in [-0.05, 0) is 24.1 Å². The number of nitrogens with zero attached hydrogens (tertiary/aromatic N) is 2. The molecule has 0 atom stereocenters. The second-order valence-electron chi connectivity index (χ2n) is 4.81. The second kappa shape index (κ2) is 6.75. The molecular formula is C15H18N4O3. The summed E-state index contributed by atoms with van der Waals surface area (Å²) < 4.78 is 1.61. The number of aromatic nitrogens is 2. The van der Waals surface area contributed by atoms with Crippen LogP contribution >= 0.6 is 0 Å². The predicted molar refractivity (Wildman–Crippen MR) is 81.8 cm³/mol. The number of carbonyl (C=O) groups excluding carboxylic acids is 1. The number of aryl methyl sites for hydroxylation is 2. The molecule has 0 fully saturated rings. The maximum atomic E-state index is 11.9. The van der Waals surface area contributed by atoms with Crippen molar-refractivity contribution in [3.8, 4) is 0 Å². The van der Waals surface area contributed by atoms with Crippen LogP contribution in [0.25, 0.3) is 0 Å². The van der Waals surface area contributed by atoms with Crippen LogP contribution in [0.3, 0.4) is 0 Å². The molecule has 2 amide bonds. The van der Waals surface area contributed by atoms with E-state index in [-0.39, 0.29) is 11.6 Å². The van der Waals surface area contributed by atoms with Gasteiger partial charge in [0.15, 0.2) is 0 Å². The molecular weight excluding hydrogens is 284 g/mol. The van der Waals surface area contributed by atoms with Gasteiger partial charge in [-0.25, -0.2) is 9.59 Å². The molecule has 3 N–H and O–H groups in total. The first-order valence-corrected chi connectivity index (χ1v) is 6.89. The van der Waals surface area contributed by atoms with Gasteiger partial charge >= 0.3 is 12.0 Å². The first-order valence-electron chi connectivity index (χ1n) is 6.89. The van der Waals surface area contributed by atoms with Gasteiger partial charge in [0, 0.05) is 19.7 Å². The van der Waals surface area contributed by atoms with Crippen LogP contribution in [0.1, 0.15) is 28.5 Å². The molecule has 0 saturated carbocycles. The molecule has 0 unspecified atom stereocenters. The minimum absolute atomic E-state index is 0.218. The lowest BCUT2D eigenvalue weighted by Gasteiger charge is -2.07. The Morgan fingerprint density at radius 1 is 1.27 bits per heavy atom. The molecule has 7 nitrogen and oxygen atoms in total. The summed E-state index contributed by atoms with van der Waals surface area (Å²) in [6.45, 7) is 2.30. The van der Waals surface area contributed by atoms with E-state index < -0.39 is 5.97 Å². The standard InChI is InChI=1S/C15H18N4O3/c1-3-12-8-13(19(2)18-12)17-15(22)16-9-10-4-6-11(7-5-10)14(20)21/h4-8H,3,9H2,1-2H3,(H,20,21)(H2,16,17,22). The fraction of sp³-hybridized carbons (Fsp3) is 0.267. The Balaban J connectivity index is 1.89. The number of carboxylic acid groups (broad SMARTS) is 1. The average molecular weight is 302 g/mol. The first kappa shape index (κ1) is 15.6. The number of amides is 2. The van der Waals surface area contributed by atoms with Crippen molar-refractivity contribution in [1.82, 2.24) is 15.1 Å². The predicted octanol–water partition coefficient (Wildman–Crippen LogP) is 2.00. The number of aromatic carboxylic acids is 1. The highest BCUT2D eigenvalue weighted by molar-refractivity contribution is 5.88. The quantitative estimate of drug-likeness (QED) is 0.787. The smallest absolute Gasteiger partial charge is 0.335 e. The number of nitrogens with one attached hydrogen (secondary N) is 2. The monoisotopic (exact) mass is 302 g/mol. The molecule has 22 heavy (non-hydrogen) atoms. The molecule has 0 radical (unpaired) electrons. The van der Waals surface area contributed by atoms with Crippen molar-refractivity contribution in [2.24, 2.45) is 7.05 Å². The van der Waals surface area contributed by atoms with Crippen LogP contribution in [0.2, 0.25) is 0 Å². The van der Waals surface area contributed by atoms with Crippen LogP contribution in [0.5, 0.6) is 0 Å². The molecule has 0 spiro atoms. The number of urea groups is 1. The number of hydrogen-bond acceptors (Lipinski definition) is 3. The Kier molecular flexibility index (Phi) is 4.77. The molecule has 7 heteroatoms. The van der Waals surface area contributed by atoms with E-state index in [2.05, 4.69) is 15.7 Å². The van der Waals surface area contributed by atoms with E-state index in [0.717, 1.165) is 17.7 Å². The fourth-order valence-electron chi connectivity index (χ4n) is 1.92. The summed E-state index contributed by atoms with van der Waals surface area (Å²) in [5, 5.41) is 18.5. The van der Waals surface area contributed by atoms with E-state index in [1.54, 1.807) is 23.9 Å². The third-order valence-corrected chi connectivity index (χ3v) is 3.19. The number of hydrogen-bond donors (Lipinski definition) is 3.